The first-order valence-corrected chi connectivity index (χ1v) is 8.63. The summed E-state index contributed by atoms with van der Waals surface area (Å²) in [4.78, 5) is 0. The van der Waals surface area contributed by atoms with Crippen LogP contribution in [-0.2, 0) is 6.42 Å². The van der Waals surface area contributed by atoms with Gasteiger partial charge in [0.2, 0.25) is 0 Å². The lowest BCUT2D eigenvalue weighted by Crippen LogP contribution is -2.49. The van der Waals surface area contributed by atoms with Crippen molar-refractivity contribution in [2.75, 3.05) is 0 Å². The Labute approximate surface area is 156 Å². The fourth-order valence-corrected chi connectivity index (χ4v) is 1.97. The Morgan fingerprint density at radius 3 is 2.04 bits per heavy atom. The second-order valence-corrected chi connectivity index (χ2v) is 6.86. The van der Waals surface area contributed by atoms with Gasteiger partial charge in [0.25, 0.3) is 0 Å². The highest BCUT2D eigenvalue weighted by molar-refractivity contribution is 6.13. The highest BCUT2D eigenvalue weighted by atomic mass is 16.5. The third-order valence-corrected chi connectivity index (χ3v) is 4.22. The number of aryl methyl sites for hydroxylation is 1. The van der Waals surface area contributed by atoms with E-state index in [1.807, 2.05) is 56.3 Å². The van der Waals surface area contributed by atoms with E-state index < -0.39 is 18.9 Å². The van der Waals surface area contributed by atoms with Crippen LogP contribution in [-0.4, -0.2) is 34.0 Å². The van der Waals surface area contributed by atoms with Crippen molar-refractivity contribution in [3.8, 4) is 17.2 Å². The molecule has 0 bridgehead atoms. The summed E-state index contributed by atoms with van der Waals surface area (Å²) in [7, 11) is -0.750. The van der Waals surface area contributed by atoms with Crippen molar-refractivity contribution >= 4 is 7.69 Å². The summed E-state index contributed by atoms with van der Waals surface area (Å²) in [5, 5.41) is 24.5. The summed E-state index contributed by atoms with van der Waals surface area (Å²) in [6.07, 6.45) is 0.959. The fourth-order valence-electron chi connectivity index (χ4n) is 1.97. The van der Waals surface area contributed by atoms with E-state index >= 15 is 0 Å². The number of aliphatic hydroxyl groups is 1. The van der Waals surface area contributed by atoms with Crippen LogP contribution in [0.3, 0.4) is 0 Å². The van der Waals surface area contributed by atoms with E-state index in [-0.39, 0.29) is 0 Å². The smallest absolute Gasteiger partial charge is 0.432 e. The number of hydrogen-bond acceptors (Lipinski definition) is 5. The summed E-state index contributed by atoms with van der Waals surface area (Å²) in [6, 6.07) is 15.5. The third kappa shape index (κ3) is 6.37. The lowest BCUT2D eigenvalue weighted by molar-refractivity contribution is -0.0912. The van der Waals surface area contributed by atoms with Gasteiger partial charge in [0.1, 0.15) is 11.4 Å². The van der Waals surface area contributed by atoms with E-state index in [2.05, 4.69) is 13.0 Å². The molecule has 2 aromatic carbocycles. The molecule has 0 fully saturated rings. The molecule has 0 saturated heterocycles. The molecule has 2 aromatic rings. The molecule has 2 rings (SSSR count). The zero-order valence-corrected chi connectivity index (χ0v) is 16.2. The molecular weight excluding hydrogens is 331 g/mol. The van der Waals surface area contributed by atoms with Crippen LogP contribution in [0.2, 0.25) is 0 Å². The maximum absolute atomic E-state index is 10.3. The first kappa shape index (κ1) is 22.0. The molecule has 3 N–H and O–H groups in total. The standard InChI is InChI=1S/C20H26O3.BH3O2/c1-6-15-10-9-11-16(14-15)22-17-12-7-8-13-18(17)23-20(4,5)19(2,3)21;2-1-3/h7-14,21H,6H2,1-5H3;1-3H. The molecule has 0 unspecified atom stereocenters. The minimum Gasteiger partial charge on any atom is -0.481 e. The van der Waals surface area contributed by atoms with Gasteiger partial charge in [-0.2, -0.15) is 0 Å². The SMILES string of the molecule is CCc1cccc(Oc2ccccc2OC(C)(C)C(C)(C)O)c1.OBO. The van der Waals surface area contributed by atoms with Crippen molar-refractivity contribution in [3.05, 3.63) is 54.1 Å². The second-order valence-electron chi connectivity index (χ2n) is 6.86. The molecule has 0 aromatic heterocycles. The van der Waals surface area contributed by atoms with Gasteiger partial charge < -0.3 is 24.6 Å². The lowest BCUT2D eigenvalue weighted by Gasteiger charge is -2.37. The van der Waals surface area contributed by atoms with Gasteiger partial charge in [-0.05, 0) is 63.9 Å². The Bertz CT molecular complexity index is 680. The Morgan fingerprint density at radius 2 is 1.50 bits per heavy atom. The molecule has 0 aliphatic rings. The van der Waals surface area contributed by atoms with Gasteiger partial charge in [-0.25, -0.2) is 0 Å². The predicted octanol–water partition coefficient (Wildman–Crippen LogP) is 3.21. The van der Waals surface area contributed by atoms with Crippen molar-refractivity contribution < 1.29 is 24.6 Å². The van der Waals surface area contributed by atoms with Crippen LogP contribution >= 0.6 is 0 Å². The van der Waals surface area contributed by atoms with E-state index in [9.17, 15) is 5.11 Å². The summed E-state index contributed by atoms with van der Waals surface area (Å²) < 4.78 is 12.1. The monoisotopic (exact) mass is 360 g/mol. The predicted molar refractivity (Wildman–Crippen MR) is 105 cm³/mol. The van der Waals surface area contributed by atoms with Crippen molar-refractivity contribution in [1.82, 2.24) is 0 Å². The molecule has 0 heterocycles. The average Bonchev–Trinajstić information content (AvgIpc) is 2.56. The molecule has 6 heteroatoms. The van der Waals surface area contributed by atoms with Gasteiger partial charge in [-0.3, -0.25) is 0 Å². The molecule has 142 valence electrons. The van der Waals surface area contributed by atoms with Crippen molar-refractivity contribution in [1.29, 1.82) is 0 Å². The average molecular weight is 360 g/mol. The molecule has 0 radical (unpaired) electrons. The first-order chi connectivity index (χ1) is 12.1. The maximum atomic E-state index is 10.3. The summed E-state index contributed by atoms with van der Waals surface area (Å²) in [6.45, 7) is 9.31. The van der Waals surface area contributed by atoms with Crippen LogP contribution in [0, 0.1) is 0 Å². The maximum Gasteiger partial charge on any atom is 0.432 e. The third-order valence-electron chi connectivity index (χ3n) is 4.22. The van der Waals surface area contributed by atoms with E-state index in [0.29, 0.717) is 11.5 Å². The van der Waals surface area contributed by atoms with Crippen LogP contribution < -0.4 is 9.47 Å². The molecule has 5 nitrogen and oxygen atoms in total. The molecule has 0 aliphatic heterocycles. The van der Waals surface area contributed by atoms with Crippen molar-refractivity contribution in [3.63, 3.8) is 0 Å². The minimum absolute atomic E-state index is 0.613. The van der Waals surface area contributed by atoms with Gasteiger partial charge in [0.05, 0.1) is 5.60 Å². The Morgan fingerprint density at radius 1 is 0.923 bits per heavy atom. The number of benzene rings is 2. The zero-order chi connectivity index (χ0) is 19.8. The highest BCUT2D eigenvalue weighted by Crippen LogP contribution is 2.36. The minimum atomic E-state index is -0.984. The van der Waals surface area contributed by atoms with Crippen molar-refractivity contribution in [2.45, 2.75) is 52.2 Å². The molecule has 0 spiro atoms. The van der Waals surface area contributed by atoms with Gasteiger partial charge >= 0.3 is 7.69 Å². The van der Waals surface area contributed by atoms with Gasteiger partial charge in [-0.15, -0.1) is 0 Å². The van der Waals surface area contributed by atoms with Crippen LogP contribution in [0.5, 0.6) is 17.2 Å². The van der Waals surface area contributed by atoms with Crippen LogP contribution in [0.15, 0.2) is 48.5 Å². The van der Waals surface area contributed by atoms with E-state index in [1.54, 1.807) is 13.8 Å². The van der Waals surface area contributed by atoms with Gasteiger partial charge in [0.15, 0.2) is 11.5 Å². The number of rotatable bonds is 6. The van der Waals surface area contributed by atoms with Crippen LogP contribution in [0.1, 0.15) is 40.2 Å². The fraction of sp³-hybridized carbons (Fsp3) is 0.400. The molecule has 26 heavy (non-hydrogen) atoms. The number of ether oxygens (including phenoxy) is 2. The van der Waals surface area contributed by atoms with Crippen LogP contribution in [0.25, 0.3) is 0 Å². The van der Waals surface area contributed by atoms with E-state index in [0.717, 1.165) is 12.2 Å². The second kappa shape index (κ2) is 9.62. The quantitative estimate of drug-likeness (QED) is 0.690. The molecule has 0 aliphatic carbocycles. The normalized spacial score (nSPS) is 11.2. The largest absolute Gasteiger partial charge is 0.481 e. The number of hydrogen-bond donors (Lipinski definition) is 3. The first-order valence-electron chi connectivity index (χ1n) is 8.63. The van der Waals surface area contributed by atoms with E-state index in [1.165, 1.54) is 5.56 Å². The Kier molecular flexibility index (Phi) is 8.15. The highest BCUT2D eigenvalue weighted by Gasteiger charge is 2.37. The molecule has 0 saturated carbocycles. The van der Waals surface area contributed by atoms with Gasteiger partial charge in [0, 0.05) is 0 Å². The number of para-hydroxylation sites is 2. The molecule has 0 atom stereocenters. The topological polar surface area (TPSA) is 79.2 Å². The summed E-state index contributed by atoms with van der Waals surface area (Å²) in [5.74, 6) is 2.03. The van der Waals surface area contributed by atoms with Gasteiger partial charge in [-0.1, -0.05) is 31.2 Å². The zero-order valence-electron chi connectivity index (χ0n) is 16.2. The summed E-state index contributed by atoms with van der Waals surface area (Å²) >= 11 is 0. The van der Waals surface area contributed by atoms with E-state index in [4.69, 9.17) is 19.5 Å². The van der Waals surface area contributed by atoms with Crippen LogP contribution in [0.4, 0.5) is 0 Å². The Balaban J connectivity index is 0.00000105. The molecular formula is C20H29BO5. The Hall–Kier alpha value is -2.02. The van der Waals surface area contributed by atoms with Crippen molar-refractivity contribution in [2.24, 2.45) is 0 Å². The summed E-state index contributed by atoms with van der Waals surface area (Å²) in [5.41, 5.74) is -0.516. The molecule has 0 amide bonds. The lowest BCUT2D eigenvalue weighted by atomic mass is 9.89.